The highest BCUT2D eigenvalue weighted by atomic mass is 35.5. The molecule has 1 unspecified atom stereocenters. The molecule has 0 bridgehead atoms. The summed E-state index contributed by atoms with van der Waals surface area (Å²) in [6.45, 7) is 0. The number of nitrogens with two attached hydrogens (primary N) is 1. The summed E-state index contributed by atoms with van der Waals surface area (Å²) in [5.74, 6) is 2.09. The fourth-order valence-electron chi connectivity index (χ4n) is 0.402. The van der Waals surface area contributed by atoms with Gasteiger partial charge in [0.15, 0.2) is 0 Å². The van der Waals surface area contributed by atoms with E-state index in [1.54, 1.807) is 0 Å². The van der Waals surface area contributed by atoms with Crippen molar-refractivity contribution in [3.63, 3.8) is 0 Å². The highest BCUT2D eigenvalue weighted by Gasteiger charge is 2.35. The Morgan fingerprint density at radius 2 is 1.91 bits per heavy atom. The second-order valence-corrected chi connectivity index (χ2v) is 1.89. The molecule has 0 aliphatic heterocycles. The fraction of sp³-hybridized carbons (Fsp3) is 0.667. The van der Waals surface area contributed by atoms with Crippen LogP contribution in [0.5, 0.6) is 0 Å². The molecule has 0 aliphatic rings. The number of rotatable bonds is 2. The van der Waals surface area contributed by atoms with E-state index in [0.29, 0.717) is 0 Å². The van der Waals surface area contributed by atoms with Gasteiger partial charge in [-0.15, -0.1) is 24.8 Å². The molecule has 0 saturated carbocycles. The van der Waals surface area contributed by atoms with Crippen LogP contribution in [0.15, 0.2) is 0 Å². The molecule has 0 fully saturated rings. The Balaban J connectivity index is 0. The van der Waals surface area contributed by atoms with Crippen molar-refractivity contribution >= 4 is 12.4 Å². The summed E-state index contributed by atoms with van der Waals surface area (Å²) in [5, 5.41) is 0. The van der Waals surface area contributed by atoms with Crippen molar-refractivity contribution in [2.75, 3.05) is 0 Å². The van der Waals surface area contributed by atoms with Crippen LogP contribution >= 0.6 is 12.4 Å². The third-order valence-corrected chi connectivity index (χ3v) is 1.02. The van der Waals surface area contributed by atoms with Gasteiger partial charge in [0, 0.05) is 6.42 Å². The van der Waals surface area contributed by atoms with Crippen LogP contribution in [0, 0.1) is 12.3 Å². The minimum atomic E-state index is -4.31. The smallest absolute Gasteiger partial charge is 0.320 e. The number of halogens is 4. The first kappa shape index (κ1) is 13.2. The molecule has 0 aromatic carbocycles. The zero-order valence-electron chi connectivity index (χ0n) is 5.69. The lowest BCUT2D eigenvalue weighted by Gasteiger charge is -2.13. The molecule has 0 aliphatic carbocycles. The van der Waals surface area contributed by atoms with Crippen LogP contribution < -0.4 is 5.73 Å². The number of hydrogen-bond acceptors (Lipinski definition) is 1. The quantitative estimate of drug-likeness (QED) is 0.655. The van der Waals surface area contributed by atoms with E-state index in [4.69, 9.17) is 12.2 Å². The van der Waals surface area contributed by atoms with Gasteiger partial charge in [0.25, 0.3) is 0 Å². The lowest BCUT2D eigenvalue weighted by atomic mass is 10.2. The molecule has 0 aromatic rings. The molecule has 0 amide bonds. The Labute approximate surface area is 69.6 Å². The van der Waals surface area contributed by atoms with Crippen LogP contribution in [0.4, 0.5) is 13.2 Å². The second kappa shape index (κ2) is 5.28. The molecule has 0 saturated heterocycles. The Morgan fingerprint density at radius 3 is 2.18 bits per heavy atom. The SMILES string of the molecule is C#CCCC(N)C(F)(F)F.Cl. The Morgan fingerprint density at radius 1 is 1.45 bits per heavy atom. The van der Waals surface area contributed by atoms with Gasteiger partial charge in [-0.25, -0.2) is 0 Å². The van der Waals surface area contributed by atoms with E-state index in [0.717, 1.165) is 0 Å². The van der Waals surface area contributed by atoms with Gasteiger partial charge >= 0.3 is 6.18 Å². The summed E-state index contributed by atoms with van der Waals surface area (Å²) >= 11 is 0. The van der Waals surface area contributed by atoms with E-state index >= 15 is 0 Å². The summed E-state index contributed by atoms with van der Waals surface area (Å²) in [4.78, 5) is 0. The van der Waals surface area contributed by atoms with Crippen molar-refractivity contribution in [3.05, 3.63) is 0 Å². The summed E-state index contributed by atoms with van der Waals surface area (Å²) < 4.78 is 34.7. The molecular weight excluding hydrogens is 179 g/mol. The Kier molecular flexibility index (Phi) is 6.34. The van der Waals surface area contributed by atoms with Gasteiger partial charge in [-0.3, -0.25) is 0 Å². The van der Waals surface area contributed by atoms with Crippen molar-refractivity contribution in [2.45, 2.75) is 25.1 Å². The van der Waals surface area contributed by atoms with Gasteiger partial charge in [-0.1, -0.05) is 0 Å². The average molecular weight is 188 g/mol. The molecule has 0 rings (SSSR count). The van der Waals surface area contributed by atoms with Gasteiger partial charge in [0.2, 0.25) is 0 Å². The molecule has 0 aromatic heterocycles. The number of terminal acetylenes is 1. The molecule has 11 heavy (non-hydrogen) atoms. The maximum absolute atomic E-state index is 11.6. The maximum Gasteiger partial charge on any atom is 0.403 e. The van der Waals surface area contributed by atoms with Crippen LogP contribution in [0.25, 0.3) is 0 Å². The summed E-state index contributed by atoms with van der Waals surface area (Å²) in [6, 6.07) is -1.77. The minimum absolute atomic E-state index is 0. The second-order valence-electron chi connectivity index (χ2n) is 1.89. The zero-order chi connectivity index (χ0) is 8.20. The zero-order valence-corrected chi connectivity index (χ0v) is 6.50. The van der Waals surface area contributed by atoms with Gasteiger partial charge < -0.3 is 5.73 Å². The Hall–Kier alpha value is -0.400. The van der Waals surface area contributed by atoms with Crippen molar-refractivity contribution in [3.8, 4) is 12.3 Å². The molecule has 0 radical (unpaired) electrons. The molecule has 2 N–H and O–H groups in total. The molecule has 0 heterocycles. The van der Waals surface area contributed by atoms with E-state index in [1.807, 2.05) is 0 Å². The van der Waals surface area contributed by atoms with Gasteiger partial charge in [0.1, 0.15) is 6.04 Å². The predicted molar refractivity (Wildman–Crippen MR) is 39.3 cm³/mol. The predicted octanol–water partition coefficient (Wildman–Crippen LogP) is 1.71. The van der Waals surface area contributed by atoms with Crippen molar-refractivity contribution < 1.29 is 13.2 Å². The van der Waals surface area contributed by atoms with E-state index < -0.39 is 12.2 Å². The van der Waals surface area contributed by atoms with Gasteiger partial charge in [0.05, 0.1) is 0 Å². The molecule has 66 valence electrons. The average Bonchev–Trinajstić information content (AvgIpc) is 1.80. The fourth-order valence-corrected chi connectivity index (χ4v) is 0.402. The lowest BCUT2D eigenvalue weighted by Crippen LogP contribution is -2.36. The van der Waals surface area contributed by atoms with E-state index in [1.165, 1.54) is 0 Å². The molecular formula is C6H9ClF3N. The van der Waals surface area contributed by atoms with Crippen LogP contribution in [0.1, 0.15) is 12.8 Å². The summed E-state index contributed by atoms with van der Waals surface area (Å²) in [6.07, 6.45) is 0.314. The molecule has 1 atom stereocenters. The molecule has 0 spiro atoms. The lowest BCUT2D eigenvalue weighted by molar-refractivity contribution is -0.148. The minimum Gasteiger partial charge on any atom is -0.320 e. The van der Waals surface area contributed by atoms with Crippen molar-refractivity contribution in [1.29, 1.82) is 0 Å². The van der Waals surface area contributed by atoms with E-state index in [9.17, 15) is 13.2 Å². The van der Waals surface area contributed by atoms with Crippen LogP contribution in [0.3, 0.4) is 0 Å². The first-order valence-corrected chi connectivity index (χ1v) is 2.74. The topological polar surface area (TPSA) is 26.0 Å². The molecule has 1 nitrogen and oxygen atoms in total. The van der Waals surface area contributed by atoms with Crippen LogP contribution in [0.2, 0.25) is 0 Å². The van der Waals surface area contributed by atoms with Crippen molar-refractivity contribution in [2.24, 2.45) is 5.73 Å². The largest absolute Gasteiger partial charge is 0.403 e. The van der Waals surface area contributed by atoms with Crippen LogP contribution in [-0.4, -0.2) is 12.2 Å². The summed E-state index contributed by atoms with van der Waals surface area (Å²) in [5.41, 5.74) is 4.72. The van der Waals surface area contributed by atoms with Gasteiger partial charge in [-0.05, 0) is 6.42 Å². The Bertz CT molecular complexity index is 138. The first-order chi connectivity index (χ1) is 4.48. The highest BCUT2D eigenvalue weighted by Crippen LogP contribution is 2.20. The summed E-state index contributed by atoms with van der Waals surface area (Å²) in [7, 11) is 0. The van der Waals surface area contributed by atoms with Crippen molar-refractivity contribution in [1.82, 2.24) is 0 Å². The standard InChI is InChI=1S/C6H8F3N.ClH/c1-2-3-4-5(10)6(7,8)9;/h1,5H,3-4,10H2;1H. The third kappa shape index (κ3) is 6.02. The maximum atomic E-state index is 11.6. The number of hydrogen-bond donors (Lipinski definition) is 1. The molecule has 5 heteroatoms. The number of alkyl halides is 3. The monoisotopic (exact) mass is 187 g/mol. The van der Waals surface area contributed by atoms with Gasteiger partial charge in [-0.2, -0.15) is 13.2 Å². The third-order valence-electron chi connectivity index (χ3n) is 1.02. The normalized spacial score (nSPS) is 13.0. The van der Waals surface area contributed by atoms with Crippen LogP contribution in [-0.2, 0) is 0 Å². The van der Waals surface area contributed by atoms with E-state index in [2.05, 4.69) is 5.92 Å². The first-order valence-electron chi connectivity index (χ1n) is 2.74. The van der Waals surface area contributed by atoms with E-state index in [-0.39, 0.29) is 25.2 Å². The highest BCUT2D eigenvalue weighted by molar-refractivity contribution is 5.85.